The van der Waals surface area contributed by atoms with Crippen molar-refractivity contribution in [1.29, 1.82) is 0 Å². The van der Waals surface area contributed by atoms with Gasteiger partial charge in [0.15, 0.2) is 0 Å². The quantitative estimate of drug-likeness (QED) is 0.773. The highest BCUT2D eigenvalue weighted by molar-refractivity contribution is 7.89. The van der Waals surface area contributed by atoms with Gasteiger partial charge in [-0.1, -0.05) is 13.0 Å². The minimum absolute atomic E-state index is 0.0291. The molecule has 0 bridgehead atoms. The van der Waals surface area contributed by atoms with Crippen molar-refractivity contribution in [2.24, 2.45) is 5.92 Å². The monoisotopic (exact) mass is 379 g/mol. The van der Waals surface area contributed by atoms with Crippen LogP contribution in [0.4, 0.5) is 4.39 Å². The molecule has 5 nitrogen and oxygen atoms in total. The number of nitrogens with zero attached hydrogens (tertiary/aromatic N) is 3. The summed E-state index contributed by atoms with van der Waals surface area (Å²) in [7, 11) is -3.66. The van der Waals surface area contributed by atoms with E-state index in [1.165, 1.54) is 22.5 Å². The molecule has 0 aliphatic carbocycles. The van der Waals surface area contributed by atoms with Crippen LogP contribution in [0.5, 0.6) is 0 Å². The molecule has 7 heteroatoms. The third kappa shape index (κ3) is 3.99. The zero-order chi connectivity index (χ0) is 18.7. The van der Waals surface area contributed by atoms with E-state index in [0.29, 0.717) is 13.1 Å². The summed E-state index contributed by atoms with van der Waals surface area (Å²) in [5.41, 5.74) is 1.14. The van der Waals surface area contributed by atoms with Gasteiger partial charge < -0.3 is 4.57 Å². The third-order valence-electron chi connectivity index (χ3n) is 4.97. The number of hydrogen-bond acceptors (Lipinski definition) is 3. The molecule has 142 valence electrons. The maximum atomic E-state index is 13.5. The van der Waals surface area contributed by atoms with Crippen LogP contribution in [0.15, 0.2) is 35.4 Å². The smallest absolute Gasteiger partial charge is 0.243 e. The number of sulfonamides is 1. The molecule has 2 aromatic rings. The Kier molecular flexibility index (Phi) is 5.77. The summed E-state index contributed by atoms with van der Waals surface area (Å²) in [5, 5.41) is 0. The second-order valence-corrected chi connectivity index (χ2v) is 8.94. The molecule has 1 saturated heterocycles. The van der Waals surface area contributed by atoms with Crippen molar-refractivity contribution in [2.45, 2.75) is 51.0 Å². The van der Waals surface area contributed by atoms with Gasteiger partial charge in [-0.25, -0.2) is 17.8 Å². The molecule has 1 unspecified atom stereocenters. The highest BCUT2D eigenvalue weighted by Crippen LogP contribution is 2.26. The zero-order valence-electron chi connectivity index (χ0n) is 15.4. The summed E-state index contributed by atoms with van der Waals surface area (Å²) in [6.07, 6.45) is 5.48. The van der Waals surface area contributed by atoms with Crippen LogP contribution in [-0.2, 0) is 23.0 Å². The van der Waals surface area contributed by atoms with Gasteiger partial charge in [0.05, 0.1) is 4.90 Å². The second kappa shape index (κ2) is 7.88. The molecule has 1 atom stereocenters. The van der Waals surface area contributed by atoms with E-state index in [-0.39, 0.29) is 10.8 Å². The fourth-order valence-corrected chi connectivity index (χ4v) is 5.24. The Balaban J connectivity index is 1.75. The highest BCUT2D eigenvalue weighted by atomic mass is 32.2. The van der Waals surface area contributed by atoms with Gasteiger partial charge in [0.1, 0.15) is 11.6 Å². The van der Waals surface area contributed by atoms with Gasteiger partial charge >= 0.3 is 0 Å². The average Bonchev–Trinajstić information content (AvgIpc) is 2.96. The molecule has 1 aliphatic heterocycles. The predicted molar refractivity (Wildman–Crippen MR) is 98.8 cm³/mol. The van der Waals surface area contributed by atoms with E-state index < -0.39 is 15.8 Å². The van der Waals surface area contributed by atoms with Gasteiger partial charge in [-0.2, -0.15) is 4.31 Å². The average molecular weight is 380 g/mol. The zero-order valence-corrected chi connectivity index (χ0v) is 16.2. The Bertz CT molecular complexity index is 863. The van der Waals surface area contributed by atoms with Crippen LogP contribution in [0.2, 0.25) is 0 Å². The topological polar surface area (TPSA) is 55.2 Å². The lowest BCUT2D eigenvalue weighted by atomic mass is 9.96. The van der Waals surface area contributed by atoms with Crippen LogP contribution in [0, 0.1) is 18.7 Å². The fraction of sp³-hybridized carbons (Fsp3) is 0.526. The van der Waals surface area contributed by atoms with Gasteiger partial charge in [0.2, 0.25) is 10.0 Å². The molecule has 3 rings (SSSR count). The summed E-state index contributed by atoms with van der Waals surface area (Å²) < 4.78 is 42.9. The minimum atomic E-state index is -3.66. The molecule has 0 amide bonds. The van der Waals surface area contributed by atoms with Gasteiger partial charge in [-0.05, 0) is 50.3 Å². The van der Waals surface area contributed by atoms with Crippen LogP contribution in [0.25, 0.3) is 0 Å². The molecule has 0 N–H and O–H groups in total. The van der Waals surface area contributed by atoms with Gasteiger partial charge in [-0.15, -0.1) is 0 Å². The van der Waals surface area contributed by atoms with E-state index in [1.807, 2.05) is 13.1 Å². The van der Waals surface area contributed by atoms with Crippen molar-refractivity contribution in [3.63, 3.8) is 0 Å². The number of imidazole rings is 1. The lowest BCUT2D eigenvalue weighted by Gasteiger charge is -2.32. The molecule has 2 heterocycles. The molecule has 1 aliphatic rings. The Morgan fingerprint density at radius 1 is 1.35 bits per heavy atom. The van der Waals surface area contributed by atoms with E-state index in [1.54, 1.807) is 0 Å². The van der Waals surface area contributed by atoms with Crippen molar-refractivity contribution in [1.82, 2.24) is 13.9 Å². The van der Waals surface area contributed by atoms with Crippen LogP contribution in [-0.4, -0.2) is 35.4 Å². The summed E-state index contributed by atoms with van der Waals surface area (Å²) >= 11 is 0. The summed E-state index contributed by atoms with van der Waals surface area (Å²) in [6, 6.07) is 5.25. The molecular weight excluding hydrogens is 353 g/mol. The first-order valence-corrected chi connectivity index (χ1v) is 10.6. The Morgan fingerprint density at radius 3 is 2.88 bits per heavy atom. The Labute approximate surface area is 154 Å². The van der Waals surface area contributed by atoms with Crippen molar-refractivity contribution < 1.29 is 12.8 Å². The standard InChI is InChI=1S/C19H26FN3O2S/c1-3-9-23-15(2)13-21-19(23)11-16-6-5-10-22(14-16)26(24,25)18-8-4-7-17(20)12-18/h4,7-8,12-13,16H,3,5-6,9-11,14H2,1-2H3. The normalized spacial score (nSPS) is 19.0. The number of aryl methyl sites for hydroxylation is 1. The fourth-order valence-electron chi connectivity index (χ4n) is 3.65. The number of benzene rings is 1. The maximum Gasteiger partial charge on any atom is 0.243 e. The molecule has 1 aromatic heterocycles. The number of hydrogen-bond donors (Lipinski definition) is 0. The van der Waals surface area contributed by atoms with Gasteiger partial charge in [0, 0.05) is 37.9 Å². The lowest BCUT2D eigenvalue weighted by Crippen LogP contribution is -2.40. The summed E-state index contributed by atoms with van der Waals surface area (Å²) in [6.45, 7) is 6.05. The van der Waals surface area contributed by atoms with Gasteiger partial charge in [0.25, 0.3) is 0 Å². The first kappa shape index (κ1) is 19.0. The predicted octanol–water partition coefficient (Wildman–Crippen LogP) is 3.38. The highest BCUT2D eigenvalue weighted by Gasteiger charge is 2.31. The van der Waals surface area contributed by atoms with Crippen molar-refractivity contribution in [2.75, 3.05) is 13.1 Å². The molecular formula is C19H26FN3O2S. The van der Waals surface area contributed by atoms with Crippen molar-refractivity contribution in [3.8, 4) is 0 Å². The van der Waals surface area contributed by atoms with Crippen LogP contribution in [0.1, 0.15) is 37.7 Å². The number of rotatable bonds is 6. The van der Waals surface area contributed by atoms with Crippen LogP contribution in [0.3, 0.4) is 0 Å². The van der Waals surface area contributed by atoms with Crippen molar-refractivity contribution in [3.05, 3.63) is 47.8 Å². The largest absolute Gasteiger partial charge is 0.332 e. The van der Waals surface area contributed by atoms with E-state index in [9.17, 15) is 12.8 Å². The van der Waals surface area contributed by atoms with E-state index in [4.69, 9.17) is 0 Å². The lowest BCUT2D eigenvalue weighted by molar-refractivity contribution is 0.261. The molecule has 0 spiro atoms. The second-order valence-electron chi connectivity index (χ2n) is 7.00. The van der Waals surface area contributed by atoms with Crippen LogP contribution < -0.4 is 0 Å². The van der Waals surface area contributed by atoms with Crippen LogP contribution >= 0.6 is 0 Å². The first-order chi connectivity index (χ1) is 12.4. The number of piperidine rings is 1. The Morgan fingerprint density at radius 2 is 2.15 bits per heavy atom. The minimum Gasteiger partial charge on any atom is -0.332 e. The van der Waals surface area contributed by atoms with Crippen molar-refractivity contribution >= 4 is 10.0 Å². The maximum absolute atomic E-state index is 13.5. The number of aromatic nitrogens is 2. The van der Waals surface area contributed by atoms with E-state index in [0.717, 1.165) is 49.8 Å². The van der Waals surface area contributed by atoms with E-state index >= 15 is 0 Å². The summed E-state index contributed by atoms with van der Waals surface area (Å²) in [4.78, 5) is 4.56. The first-order valence-electron chi connectivity index (χ1n) is 9.18. The molecule has 0 radical (unpaired) electrons. The van der Waals surface area contributed by atoms with Gasteiger partial charge in [-0.3, -0.25) is 0 Å². The molecule has 1 aromatic carbocycles. The van der Waals surface area contributed by atoms with E-state index in [2.05, 4.69) is 16.5 Å². The number of halogens is 1. The molecule has 26 heavy (non-hydrogen) atoms. The summed E-state index contributed by atoms with van der Waals surface area (Å²) in [5.74, 6) is 0.723. The third-order valence-corrected chi connectivity index (χ3v) is 6.83. The Hall–Kier alpha value is -1.73. The molecule has 0 saturated carbocycles. The SMILES string of the molecule is CCCn1c(C)cnc1CC1CCCN(S(=O)(=O)c2cccc(F)c2)C1. The molecule has 1 fully saturated rings.